The zero-order valence-corrected chi connectivity index (χ0v) is 14.6. The van der Waals surface area contributed by atoms with E-state index in [4.69, 9.17) is 5.73 Å². The van der Waals surface area contributed by atoms with Crippen LogP contribution in [-0.4, -0.2) is 45.1 Å². The smallest absolute Gasteiger partial charge is 0.253 e. The highest BCUT2D eigenvalue weighted by atomic mass is 16.2. The molecule has 1 aliphatic heterocycles. The first-order chi connectivity index (χ1) is 12.6. The highest BCUT2D eigenvalue weighted by Gasteiger charge is 2.34. The number of nitrogens with two attached hydrogens (primary N) is 1. The van der Waals surface area contributed by atoms with Gasteiger partial charge in [-0.2, -0.15) is 5.10 Å². The minimum absolute atomic E-state index is 0.0107. The molecule has 0 unspecified atom stereocenters. The predicted molar refractivity (Wildman–Crippen MR) is 99.6 cm³/mol. The van der Waals surface area contributed by atoms with Gasteiger partial charge in [-0.25, -0.2) is 4.98 Å². The molecule has 0 bridgehead atoms. The number of aryl methyl sites for hydroxylation is 1. The summed E-state index contributed by atoms with van der Waals surface area (Å²) < 4.78 is 0. The van der Waals surface area contributed by atoms with Crippen molar-refractivity contribution in [3.05, 3.63) is 71.5 Å². The van der Waals surface area contributed by atoms with E-state index in [1.807, 2.05) is 54.3 Å². The number of nitrogens with zero attached hydrogens (tertiary/aromatic N) is 3. The number of H-pyrrole nitrogens is 1. The lowest BCUT2D eigenvalue weighted by molar-refractivity contribution is 0.0789. The van der Waals surface area contributed by atoms with Crippen molar-refractivity contribution in [3.8, 4) is 11.4 Å². The minimum Gasteiger partial charge on any atom is -0.336 e. The summed E-state index contributed by atoms with van der Waals surface area (Å²) in [6, 6.07) is 17.5. The van der Waals surface area contributed by atoms with Gasteiger partial charge in [0.2, 0.25) is 0 Å². The number of rotatable bonds is 3. The van der Waals surface area contributed by atoms with Crippen LogP contribution in [0.25, 0.3) is 11.4 Å². The zero-order chi connectivity index (χ0) is 18.1. The van der Waals surface area contributed by atoms with Crippen molar-refractivity contribution in [1.82, 2.24) is 20.1 Å². The summed E-state index contributed by atoms with van der Waals surface area (Å²) in [4.78, 5) is 19.0. The van der Waals surface area contributed by atoms with Crippen molar-refractivity contribution < 1.29 is 4.79 Å². The van der Waals surface area contributed by atoms with Gasteiger partial charge in [0.05, 0.1) is 0 Å². The van der Waals surface area contributed by atoms with Gasteiger partial charge in [0.25, 0.3) is 5.91 Å². The Hall–Kier alpha value is -2.99. The van der Waals surface area contributed by atoms with Gasteiger partial charge >= 0.3 is 0 Å². The molecule has 2 atom stereocenters. The van der Waals surface area contributed by atoms with Crippen LogP contribution in [0.4, 0.5) is 0 Å². The van der Waals surface area contributed by atoms with Crippen LogP contribution in [0, 0.1) is 6.92 Å². The molecule has 0 saturated carbocycles. The molecule has 1 aliphatic rings. The van der Waals surface area contributed by atoms with Crippen LogP contribution >= 0.6 is 0 Å². The Morgan fingerprint density at radius 2 is 1.85 bits per heavy atom. The quantitative estimate of drug-likeness (QED) is 0.761. The Morgan fingerprint density at radius 1 is 1.12 bits per heavy atom. The molecule has 1 fully saturated rings. The van der Waals surface area contributed by atoms with E-state index in [9.17, 15) is 4.79 Å². The molecule has 3 aromatic rings. The van der Waals surface area contributed by atoms with E-state index in [-0.39, 0.29) is 17.9 Å². The number of benzene rings is 2. The first-order valence-corrected chi connectivity index (χ1v) is 8.71. The lowest BCUT2D eigenvalue weighted by Gasteiger charge is -2.16. The highest BCUT2D eigenvalue weighted by molar-refractivity contribution is 5.95. The molecule has 6 nitrogen and oxygen atoms in total. The molecule has 2 aromatic carbocycles. The topological polar surface area (TPSA) is 87.9 Å². The summed E-state index contributed by atoms with van der Waals surface area (Å²) in [7, 11) is 0. The second-order valence-electron chi connectivity index (χ2n) is 6.71. The molecule has 1 saturated heterocycles. The number of hydrogen-bond acceptors (Lipinski definition) is 4. The predicted octanol–water partition coefficient (Wildman–Crippen LogP) is 2.35. The number of nitrogens with one attached hydrogen (secondary N) is 1. The SMILES string of the molecule is Cc1nc(-c2ccc(C(=O)N3C[C@@H](N)[C@H](c4ccccc4)C3)cc2)n[nH]1. The summed E-state index contributed by atoms with van der Waals surface area (Å²) in [5.74, 6) is 1.58. The van der Waals surface area contributed by atoms with E-state index in [2.05, 4.69) is 27.3 Å². The Bertz CT molecular complexity index is 903. The maximum Gasteiger partial charge on any atom is 0.253 e. The molecule has 0 radical (unpaired) electrons. The summed E-state index contributed by atoms with van der Waals surface area (Å²) in [5.41, 5.74) is 9.03. The van der Waals surface area contributed by atoms with Gasteiger partial charge in [0, 0.05) is 36.2 Å². The maximum absolute atomic E-state index is 12.9. The maximum atomic E-state index is 12.9. The first-order valence-electron chi connectivity index (χ1n) is 8.71. The molecule has 1 amide bonds. The number of carbonyl (C=O) groups excluding carboxylic acids is 1. The number of likely N-dealkylation sites (tertiary alicyclic amines) is 1. The van der Waals surface area contributed by atoms with E-state index < -0.39 is 0 Å². The fourth-order valence-corrected chi connectivity index (χ4v) is 3.46. The molecule has 3 N–H and O–H groups in total. The van der Waals surface area contributed by atoms with Crippen molar-refractivity contribution >= 4 is 5.91 Å². The Labute approximate surface area is 152 Å². The normalized spacial score (nSPS) is 19.7. The molecule has 2 heterocycles. The second kappa shape index (κ2) is 6.72. The number of hydrogen-bond donors (Lipinski definition) is 2. The van der Waals surface area contributed by atoms with Crippen LogP contribution in [0.15, 0.2) is 54.6 Å². The van der Waals surface area contributed by atoms with Gasteiger partial charge in [0.15, 0.2) is 5.82 Å². The third kappa shape index (κ3) is 3.11. The average Bonchev–Trinajstić information content (AvgIpc) is 3.28. The summed E-state index contributed by atoms with van der Waals surface area (Å²) in [6.45, 7) is 3.07. The number of carbonyl (C=O) groups is 1. The highest BCUT2D eigenvalue weighted by Crippen LogP contribution is 2.27. The van der Waals surface area contributed by atoms with E-state index in [0.717, 1.165) is 11.4 Å². The van der Waals surface area contributed by atoms with Gasteiger partial charge in [-0.15, -0.1) is 0 Å². The van der Waals surface area contributed by atoms with Crippen molar-refractivity contribution in [2.45, 2.75) is 18.9 Å². The van der Waals surface area contributed by atoms with Crippen LogP contribution in [0.3, 0.4) is 0 Å². The van der Waals surface area contributed by atoms with Gasteiger partial charge < -0.3 is 10.6 Å². The van der Waals surface area contributed by atoms with Gasteiger partial charge in [-0.05, 0) is 24.6 Å². The number of aromatic amines is 1. The first kappa shape index (κ1) is 16.5. The largest absolute Gasteiger partial charge is 0.336 e. The van der Waals surface area contributed by atoms with Crippen LogP contribution < -0.4 is 5.73 Å². The standard InChI is InChI=1S/C20H21N5O/c1-13-22-19(24-23-13)15-7-9-16(10-8-15)20(26)25-11-17(18(21)12-25)14-5-3-2-4-6-14/h2-10,17-18H,11-12,21H2,1H3,(H,22,23,24)/t17-,18+/m0/s1. The van der Waals surface area contributed by atoms with Crippen LogP contribution in [0.2, 0.25) is 0 Å². The van der Waals surface area contributed by atoms with Crippen LogP contribution in [0.5, 0.6) is 0 Å². The van der Waals surface area contributed by atoms with Gasteiger partial charge in [-0.3, -0.25) is 9.89 Å². The minimum atomic E-state index is -0.0446. The number of aromatic nitrogens is 3. The van der Waals surface area contributed by atoms with Crippen molar-refractivity contribution in [1.29, 1.82) is 0 Å². The zero-order valence-electron chi connectivity index (χ0n) is 14.6. The Balaban J connectivity index is 1.49. The van der Waals surface area contributed by atoms with Gasteiger partial charge in [-0.1, -0.05) is 42.5 Å². The van der Waals surface area contributed by atoms with E-state index in [0.29, 0.717) is 24.5 Å². The fraction of sp³-hybridized carbons (Fsp3) is 0.250. The molecular formula is C20H21N5O. The summed E-state index contributed by atoms with van der Waals surface area (Å²) in [5, 5.41) is 6.97. The Kier molecular flexibility index (Phi) is 4.26. The molecule has 0 spiro atoms. The average molecular weight is 347 g/mol. The second-order valence-corrected chi connectivity index (χ2v) is 6.71. The summed E-state index contributed by atoms with van der Waals surface area (Å²) >= 11 is 0. The molecule has 132 valence electrons. The van der Waals surface area contributed by atoms with Crippen molar-refractivity contribution in [3.63, 3.8) is 0 Å². The van der Waals surface area contributed by atoms with E-state index in [1.54, 1.807) is 0 Å². The molecular weight excluding hydrogens is 326 g/mol. The van der Waals surface area contributed by atoms with Crippen LogP contribution in [0.1, 0.15) is 27.7 Å². The number of amides is 1. The lowest BCUT2D eigenvalue weighted by atomic mass is 9.95. The molecule has 0 aliphatic carbocycles. The Morgan fingerprint density at radius 3 is 2.50 bits per heavy atom. The molecule has 6 heteroatoms. The van der Waals surface area contributed by atoms with E-state index in [1.165, 1.54) is 5.56 Å². The molecule has 4 rings (SSSR count). The van der Waals surface area contributed by atoms with Gasteiger partial charge in [0.1, 0.15) is 5.82 Å². The van der Waals surface area contributed by atoms with Crippen LogP contribution in [-0.2, 0) is 0 Å². The fourth-order valence-electron chi connectivity index (χ4n) is 3.46. The monoisotopic (exact) mass is 347 g/mol. The van der Waals surface area contributed by atoms with Crippen molar-refractivity contribution in [2.24, 2.45) is 5.73 Å². The molecule has 26 heavy (non-hydrogen) atoms. The third-order valence-corrected chi connectivity index (χ3v) is 4.87. The summed E-state index contributed by atoms with van der Waals surface area (Å²) in [6.07, 6.45) is 0. The van der Waals surface area contributed by atoms with E-state index >= 15 is 0 Å². The lowest BCUT2D eigenvalue weighted by Crippen LogP contribution is -2.32. The van der Waals surface area contributed by atoms with Crippen molar-refractivity contribution in [2.75, 3.05) is 13.1 Å². The molecule has 1 aromatic heterocycles. The third-order valence-electron chi connectivity index (χ3n) is 4.87.